The predicted octanol–water partition coefficient (Wildman–Crippen LogP) is 1.85. The number of imidazole rings is 1. The summed E-state index contributed by atoms with van der Waals surface area (Å²) in [7, 11) is 1.43. The number of hydrogen-bond acceptors (Lipinski definition) is 4. The number of hydrogen-bond donors (Lipinski definition) is 1. The van der Waals surface area contributed by atoms with E-state index in [0.29, 0.717) is 17.5 Å². The molecule has 0 saturated heterocycles. The lowest BCUT2D eigenvalue weighted by atomic mass is 9.84. The van der Waals surface area contributed by atoms with Crippen molar-refractivity contribution in [3.8, 4) is 0 Å². The molecule has 1 N–H and O–H groups in total. The quantitative estimate of drug-likeness (QED) is 0.858. The maximum atomic E-state index is 12.9. The van der Waals surface area contributed by atoms with Crippen LogP contribution in [-0.4, -0.2) is 34.6 Å². The highest BCUT2D eigenvalue weighted by molar-refractivity contribution is 5.94. The lowest BCUT2D eigenvalue weighted by Gasteiger charge is -2.29. The van der Waals surface area contributed by atoms with Crippen molar-refractivity contribution in [1.82, 2.24) is 14.9 Å². The van der Waals surface area contributed by atoms with Crippen molar-refractivity contribution in [2.45, 2.75) is 58.0 Å². The number of ether oxygens (including phenoxy) is 1. The molecule has 6 heteroatoms. The van der Waals surface area contributed by atoms with Gasteiger partial charge in [0.15, 0.2) is 0 Å². The highest BCUT2D eigenvalue weighted by Gasteiger charge is 2.52. The van der Waals surface area contributed by atoms with E-state index in [4.69, 9.17) is 4.74 Å². The van der Waals surface area contributed by atoms with E-state index in [0.717, 1.165) is 56.6 Å². The van der Waals surface area contributed by atoms with Crippen LogP contribution in [0, 0.1) is 24.7 Å². The molecular formula is C18H25N3O3. The fourth-order valence-corrected chi connectivity index (χ4v) is 5.10. The molecule has 4 rings (SSSR count). The van der Waals surface area contributed by atoms with Crippen molar-refractivity contribution in [3.63, 3.8) is 0 Å². The summed E-state index contributed by atoms with van der Waals surface area (Å²) in [6.07, 6.45) is 6.32. The van der Waals surface area contributed by atoms with Gasteiger partial charge in [0.1, 0.15) is 11.5 Å². The van der Waals surface area contributed by atoms with E-state index in [9.17, 15) is 9.59 Å². The Hall–Kier alpha value is -1.85. The van der Waals surface area contributed by atoms with Gasteiger partial charge in [-0.15, -0.1) is 0 Å². The predicted molar refractivity (Wildman–Crippen MR) is 87.5 cm³/mol. The Bertz CT molecular complexity index is 681. The lowest BCUT2D eigenvalue weighted by Crippen LogP contribution is -2.47. The van der Waals surface area contributed by atoms with Gasteiger partial charge in [0, 0.05) is 12.6 Å². The number of carbonyl (C=O) groups is 2. The zero-order valence-electron chi connectivity index (χ0n) is 14.4. The van der Waals surface area contributed by atoms with Crippen molar-refractivity contribution in [3.05, 3.63) is 17.2 Å². The van der Waals surface area contributed by atoms with E-state index < -0.39 is 0 Å². The van der Waals surface area contributed by atoms with Crippen molar-refractivity contribution in [2.75, 3.05) is 7.11 Å². The molecule has 4 atom stereocenters. The molecule has 4 unspecified atom stereocenters. The number of esters is 1. The fourth-order valence-electron chi connectivity index (χ4n) is 5.10. The molecule has 2 bridgehead atoms. The van der Waals surface area contributed by atoms with Crippen LogP contribution in [0.1, 0.15) is 54.1 Å². The summed E-state index contributed by atoms with van der Waals surface area (Å²) in [6.45, 7) is 2.90. The standard InChI is InChI=1S/C18H25N3O3/c1-10-19-16(13-5-3-4-8-21(10)13)17(22)20-15-12-7-6-11(9-12)14(15)18(23)24-2/h11-12,14-15H,3-9H2,1-2H3,(H,20,22). The Morgan fingerprint density at radius 2 is 2.04 bits per heavy atom. The first kappa shape index (κ1) is 15.7. The molecule has 2 saturated carbocycles. The normalized spacial score (nSPS) is 30.9. The molecule has 2 aliphatic carbocycles. The first-order valence-corrected chi connectivity index (χ1v) is 9.05. The van der Waals surface area contributed by atoms with Gasteiger partial charge in [-0.2, -0.15) is 0 Å². The summed E-state index contributed by atoms with van der Waals surface area (Å²) in [5.41, 5.74) is 1.60. The van der Waals surface area contributed by atoms with Gasteiger partial charge in [-0.25, -0.2) is 4.98 Å². The largest absolute Gasteiger partial charge is 0.469 e. The Morgan fingerprint density at radius 1 is 1.25 bits per heavy atom. The van der Waals surface area contributed by atoms with Gasteiger partial charge < -0.3 is 14.6 Å². The van der Waals surface area contributed by atoms with E-state index in [2.05, 4.69) is 14.9 Å². The van der Waals surface area contributed by atoms with Crippen molar-refractivity contribution in [1.29, 1.82) is 0 Å². The van der Waals surface area contributed by atoms with Gasteiger partial charge in [0.25, 0.3) is 5.91 Å². The minimum absolute atomic E-state index is 0.107. The van der Waals surface area contributed by atoms with Crippen LogP contribution in [0.15, 0.2) is 0 Å². The molecule has 1 aliphatic heterocycles. The molecule has 6 nitrogen and oxygen atoms in total. The Balaban J connectivity index is 1.57. The molecule has 130 valence electrons. The summed E-state index contributed by atoms with van der Waals surface area (Å²) >= 11 is 0. The van der Waals surface area contributed by atoms with Crippen LogP contribution in [0.5, 0.6) is 0 Å². The van der Waals surface area contributed by atoms with E-state index in [-0.39, 0.29) is 23.8 Å². The van der Waals surface area contributed by atoms with E-state index in [1.54, 1.807) is 0 Å². The molecule has 2 heterocycles. The van der Waals surface area contributed by atoms with Gasteiger partial charge in [0.05, 0.1) is 18.7 Å². The van der Waals surface area contributed by atoms with E-state index >= 15 is 0 Å². The Morgan fingerprint density at radius 3 is 2.83 bits per heavy atom. The smallest absolute Gasteiger partial charge is 0.311 e. The van der Waals surface area contributed by atoms with Crippen LogP contribution in [0.4, 0.5) is 0 Å². The summed E-state index contributed by atoms with van der Waals surface area (Å²) in [4.78, 5) is 29.6. The summed E-state index contributed by atoms with van der Waals surface area (Å²) in [5, 5.41) is 3.14. The molecule has 1 amide bonds. The van der Waals surface area contributed by atoms with Crippen LogP contribution >= 0.6 is 0 Å². The molecule has 0 aromatic carbocycles. The average molecular weight is 331 g/mol. The topological polar surface area (TPSA) is 73.2 Å². The number of fused-ring (bicyclic) bond motifs is 3. The van der Waals surface area contributed by atoms with Crippen molar-refractivity contribution >= 4 is 11.9 Å². The van der Waals surface area contributed by atoms with Crippen molar-refractivity contribution < 1.29 is 14.3 Å². The molecule has 0 radical (unpaired) electrons. The number of methoxy groups -OCH3 is 1. The minimum atomic E-state index is -0.197. The van der Waals surface area contributed by atoms with E-state index in [1.165, 1.54) is 7.11 Å². The van der Waals surface area contributed by atoms with Crippen LogP contribution in [0.2, 0.25) is 0 Å². The number of nitrogens with one attached hydrogen (secondary N) is 1. The van der Waals surface area contributed by atoms with Crippen LogP contribution < -0.4 is 5.32 Å². The number of amides is 1. The van der Waals surface area contributed by atoms with Crippen LogP contribution in [0.25, 0.3) is 0 Å². The maximum absolute atomic E-state index is 12.9. The second-order valence-corrected chi connectivity index (χ2v) is 7.44. The average Bonchev–Trinajstić information content (AvgIpc) is 3.28. The zero-order valence-corrected chi connectivity index (χ0v) is 14.4. The van der Waals surface area contributed by atoms with Crippen LogP contribution in [0.3, 0.4) is 0 Å². The van der Waals surface area contributed by atoms with Gasteiger partial charge >= 0.3 is 5.97 Å². The highest BCUT2D eigenvalue weighted by Crippen LogP contribution is 2.49. The molecule has 3 aliphatic rings. The third-order valence-corrected chi connectivity index (χ3v) is 6.21. The molecule has 0 spiro atoms. The van der Waals surface area contributed by atoms with Gasteiger partial charge in [0.2, 0.25) is 0 Å². The molecule has 1 aromatic heterocycles. The Labute approximate surface area is 142 Å². The Kier molecular flexibility index (Phi) is 3.85. The fraction of sp³-hybridized carbons (Fsp3) is 0.722. The number of nitrogens with zero attached hydrogens (tertiary/aromatic N) is 2. The second-order valence-electron chi connectivity index (χ2n) is 7.44. The first-order valence-electron chi connectivity index (χ1n) is 9.05. The van der Waals surface area contributed by atoms with Gasteiger partial charge in [-0.05, 0) is 57.3 Å². The molecule has 2 fully saturated rings. The summed E-state index contributed by atoms with van der Waals surface area (Å²) in [6, 6.07) is -0.107. The first-order chi connectivity index (χ1) is 11.6. The third kappa shape index (κ3) is 2.34. The van der Waals surface area contributed by atoms with Gasteiger partial charge in [-0.1, -0.05) is 0 Å². The monoisotopic (exact) mass is 331 g/mol. The number of aromatic nitrogens is 2. The van der Waals surface area contributed by atoms with Crippen molar-refractivity contribution in [2.24, 2.45) is 17.8 Å². The number of aryl methyl sites for hydroxylation is 1. The van der Waals surface area contributed by atoms with Crippen LogP contribution in [-0.2, 0) is 22.5 Å². The SMILES string of the molecule is COC(=O)C1C2CCC(C2)C1NC(=O)c1nc(C)n2c1CCCC2. The molecule has 24 heavy (non-hydrogen) atoms. The lowest BCUT2D eigenvalue weighted by molar-refractivity contribution is -0.148. The van der Waals surface area contributed by atoms with Gasteiger partial charge in [-0.3, -0.25) is 9.59 Å². The zero-order chi connectivity index (χ0) is 16.8. The molecule has 1 aromatic rings. The number of carbonyl (C=O) groups excluding carboxylic acids is 2. The maximum Gasteiger partial charge on any atom is 0.311 e. The second kappa shape index (κ2) is 5.90. The van der Waals surface area contributed by atoms with E-state index in [1.807, 2.05) is 6.92 Å². The summed E-state index contributed by atoms with van der Waals surface area (Å²) < 4.78 is 7.15. The highest BCUT2D eigenvalue weighted by atomic mass is 16.5. The summed E-state index contributed by atoms with van der Waals surface area (Å²) in [5.74, 6) is 1.15. The molecular weight excluding hydrogens is 306 g/mol. The third-order valence-electron chi connectivity index (χ3n) is 6.21. The number of rotatable bonds is 3. The minimum Gasteiger partial charge on any atom is -0.469 e.